The minimum atomic E-state index is -0.452. The van der Waals surface area contributed by atoms with E-state index >= 15 is 0 Å². The number of hydrazine groups is 1. The Morgan fingerprint density at radius 1 is 1.10 bits per heavy atom. The van der Waals surface area contributed by atoms with Crippen LogP contribution in [-0.2, 0) is 6.42 Å². The van der Waals surface area contributed by atoms with Crippen molar-refractivity contribution in [3.8, 4) is 0 Å². The summed E-state index contributed by atoms with van der Waals surface area (Å²) in [5, 5.41) is 14.3. The fourth-order valence-electron chi connectivity index (χ4n) is 2.05. The van der Waals surface area contributed by atoms with E-state index in [9.17, 15) is 10.1 Å². The lowest BCUT2D eigenvalue weighted by Crippen LogP contribution is -2.10. The summed E-state index contributed by atoms with van der Waals surface area (Å²) in [7, 11) is 0. The summed E-state index contributed by atoms with van der Waals surface area (Å²) in [6.07, 6.45) is 0.839. The van der Waals surface area contributed by atoms with Crippen molar-refractivity contribution in [2.75, 3.05) is 10.7 Å². The highest BCUT2D eigenvalue weighted by atomic mass is 16.6. The van der Waals surface area contributed by atoms with Crippen LogP contribution in [0.5, 0.6) is 0 Å². The number of anilines is 3. The van der Waals surface area contributed by atoms with E-state index in [1.54, 1.807) is 18.2 Å². The molecule has 0 saturated carbocycles. The summed E-state index contributed by atoms with van der Waals surface area (Å²) in [6, 6.07) is 12.6. The van der Waals surface area contributed by atoms with Gasteiger partial charge >= 0.3 is 5.69 Å². The zero-order chi connectivity index (χ0) is 14.5. The molecule has 0 aliphatic rings. The first-order valence-corrected chi connectivity index (χ1v) is 6.26. The summed E-state index contributed by atoms with van der Waals surface area (Å²) in [5.74, 6) is 5.32. The number of hydrogen-bond donors (Lipinski definition) is 3. The van der Waals surface area contributed by atoms with E-state index in [2.05, 4.69) is 10.7 Å². The predicted molar refractivity (Wildman–Crippen MR) is 80.0 cm³/mol. The van der Waals surface area contributed by atoms with Crippen LogP contribution in [-0.4, -0.2) is 4.92 Å². The molecule has 0 fully saturated rings. The molecule has 20 heavy (non-hydrogen) atoms. The molecule has 104 valence electrons. The second-order valence-corrected chi connectivity index (χ2v) is 4.24. The van der Waals surface area contributed by atoms with Crippen LogP contribution >= 0.6 is 0 Å². The molecule has 2 aromatic rings. The summed E-state index contributed by atoms with van der Waals surface area (Å²) >= 11 is 0. The van der Waals surface area contributed by atoms with Gasteiger partial charge in [-0.25, -0.2) is 0 Å². The summed E-state index contributed by atoms with van der Waals surface area (Å²) in [4.78, 5) is 10.8. The molecule has 0 radical (unpaired) electrons. The van der Waals surface area contributed by atoms with E-state index in [1.165, 1.54) is 0 Å². The van der Waals surface area contributed by atoms with Gasteiger partial charge in [0, 0.05) is 5.69 Å². The van der Waals surface area contributed by atoms with Gasteiger partial charge in [-0.3, -0.25) is 16.0 Å². The Hall–Kier alpha value is -2.60. The average molecular weight is 272 g/mol. The summed E-state index contributed by atoms with van der Waals surface area (Å²) in [6.45, 7) is 2.03. The van der Waals surface area contributed by atoms with Gasteiger partial charge in [0.2, 0.25) is 0 Å². The zero-order valence-electron chi connectivity index (χ0n) is 11.1. The molecule has 0 heterocycles. The molecule has 0 saturated heterocycles. The molecular weight excluding hydrogens is 256 g/mol. The van der Waals surface area contributed by atoms with Gasteiger partial charge in [0.05, 0.1) is 4.92 Å². The van der Waals surface area contributed by atoms with Crippen LogP contribution in [0.2, 0.25) is 0 Å². The Morgan fingerprint density at radius 2 is 1.75 bits per heavy atom. The molecule has 0 aliphatic heterocycles. The van der Waals surface area contributed by atoms with Gasteiger partial charge in [0.25, 0.3) is 0 Å². The minimum Gasteiger partial charge on any atom is -0.350 e. The van der Waals surface area contributed by atoms with Crippen LogP contribution in [0, 0.1) is 10.1 Å². The number of nitrogens with two attached hydrogens (primary N) is 1. The van der Waals surface area contributed by atoms with Crippen LogP contribution in [0.25, 0.3) is 0 Å². The number of aryl methyl sites for hydroxylation is 1. The molecule has 6 nitrogen and oxygen atoms in total. The van der Waals surface area contributed by atoms with E-state index < -0.39 is 4.92 Å². The lowest BCUT2D eigenvalue weighted by atomic mass is 10.1. The Balaban J connectivity index is 2.46. The van der Waals surface area contributed by atoms with Gasteiger partial charge in [-0.05, 0) is 30.2 Å². The van der Waals surface area contributed by atoms with Gasteiger partial charge in [-0.1, -0.05) is 31.2 Å². The van der Waals surface area contributed by atoms with Crippen molar-refractivity contribution in [3.63, 3.8) is 0 Å². The number of benzene rings is 2. The molecular formula is C14H16N4O2. The molecule has 0 spiro atoms. The molecule has 0 atom stereocenters. The first-order valence-electron chi connectivity index (χ1n) is 6.26. The van der Waals surface area contributed by atoms with Gasteiger partial charge in [-0.15, -0.1) is 0 Å². The van der Waals surface area contributed by atoms with Crippen molar-refractivity contribution >= 4 is 22.7 Å². The molecule has 4 N–H and O–H groups in total. The molecule has 0 amide bonds. The first kappa shape index (κ1) is 13.8. The number of rotatable bonds is 5. The van der Waals surface area contributed by atoms with Crippen molar-refractivity contribution in [2.24, 2.45) is 5.84 Å². The fraction of sp³-hybridized carbons (Fsp3) is 0.143. The van der Waals surface area contributed by atoms with Crippen molar-refractivity contribution < 1.29 is 4.92 Å². The van der Waals surface area contributed by atoms with Crippen molar-refractivity contribution in [1.29, 1.82) is 0 Å². The SMILES string of the molecule is CCc1ccccc1Nc1cccc(NN)c1[N+](=O)[O-]. The maximum Gasteiger partial charge on any atom is 0.316 e. The second-order valence-electron chi connectivity index (χ2n) is 4.24. The monoisotopic (exact) mass is 272 g/mol. The van der Waals surface area contributed by atoms with Crippen molar-refractivity contribution in [1.82, 2.24) is 0 Å². The van der Waals surface area contributed by atoms with E-state index in [1.807, 2.05) is 31.2 Å². The largest absolute Gasteiger partial charge is 0.350 e. The predicted octanol–water partition coefficient (Wildman–Crippen LogP) is 3.19. The maximum absolute atomic E-state index is 11.2. The standard InChI is InChI=1S/C14H16N4O2/c1-2-10-6-3-4-7-11(10)16-12-8-5-9-13(17-15)14(12)18(19)20/h3-9,16-17H,2,15H2,1H3. The topological polar surface area (TPSA) is 93.2 Å². The number of nitro benzene ring substituents is 1. The highest BCUT2D eigenvalue weighted by Crippen LogP contribution is 2.34. The third-order valence-corrected chi connectivity index (χ3v) is 3.04. The van der Waals surface area contributed by atoms with E-state index in [0.717, 1.165) is 17.7 Å². The number of nitrogens with zero attached hydrogens (tertiary/aromatic N) is 1. The number of para-hydroxylation sites is 2. The van der Waals surface area contributed by atoms with Gasteiger partial charge in [0.15, 0.2) is 0 Å². The number of nitrogens with one attached hydrogen (secondary N) is 2. The third-order valence-electron chi connectivity index (χ3n) is 3.04. The average Bonchev–Trinajstić information content (AvgIpc) is 2.47. The van der Waals surface area contributed by atoms with Gasteiger partial charge in [-0.2, -0.15) is 0 Å². The first-order chi connectivity index (χ1) is 9.67. The highest BCUT2D eigenvalue weighted by molar-refractivity contribution is 5.80. The second kappa shape index (κ2) is 6.03. The molecule has 0 aromatic heterocycles. The van der Waals surface area contributed by atoms with Gasteiger partial charge < -0.3 is 10.7 Å². The van der Waals surface area contributed by atoms with E-state index in [0.29, 0.717) is 5.69 Å². The fourth-order valence-corrected chi connectivity index (χ4v) is 2.05. The quantitative estimate of drug-likeness (QED) is 0.441. The third kappa shape index (κ3) is 2.70. The maximum atomic E-state index is 11.2. The van der Waals surface area contributed by atoms with Crippen LogP contribution in [0.3, 0.4) is 0 Å². The Bertz CT molecular complexity index is 628. The molecule has 0 bridgehead atoms. The molecule has 2 rings (SSSR count). The van der Waals surface area contributed by atoms with Crippen LogP contribution in [0.4, 0.5) is 22.7 Å². The summed E-state index contributed by atoms with van der Waals surface area (Å²) < 4.78 is 0. The number of nitro groups is 1. The Morgan fingerprint density at radius 3 is 2.40 bits per heavy atom. The molecule has 0 unspecified atom stereocenters. The molecule has 2 aromatic carbocycles. The molecule has 0 aliphatic carbocycles. The Kier molecular flexibility index (Phi) is 4.17. The van der Waals surface area contributed by atoms with Crippen LogP contribution < -0.4 is 16.6 Å². The van der Waals surface area contributed by atoms with E-state index in [-0.39, 0.29) is 11.4 Å². The smallest absolute Gasteiger partial charge is 0.316 e. The highest BCUT2D eigenvalue weighted by Gasteiger charge is 2.19. The number of hydrogen-bond acceptors (Lipinski definition) is 5. The van der Waals surface area contributed by atoms with Crippen LogP contribution in [0.15, 0.2) is 42.5 Å². The van der Waals surface area contributed by atoms with Gasteiger partial charge in [0.1, 0.15) is 11.4 Å². The normalized spacial score (nSPS) is 10.1. The van der Waals surface area contributed by atoms with Crippen molar-refractivity contribution in [2.45, 2.75) is 13.3 Å². The van der Waals surface area contributed by atoms with Crippen LogP contribution in [0.1, 0.15) is 12.5 Å². The lowest BCUT2D eigenvalue weighted by Gasteiger charge is -2.12. The summed E-state index contributed by atoms with van der Waals surface area (Å²) in [5.41, 5.74) is 4.91. The zero-order valence-corrected chi connectivity index (χ0v) is 11.1. The van der Waals surface area contributed by atoms with Crippen molar-refractivity contribution in [3.05, 3.63) is 58.1 Å². The van der Waals surface area contributed by atoms with E-state index in [4.69, 9.17) is 5.84 Å². The lowest BCUT2D eigenvalue weighted by molar-refractivity contribution is -0.383. The molecule has 6 heteroatoms. The Labute approximate surface area is 116 Å². The minimum absolute atomic E-state index is 0.0686. The number of nitrogen functional groups attached to an aromatic ring is 1.